The largest absolute Gasteiger partial charge is 0.354 e. The molecule has 0 saturated heterocycles. The molecule has 0 fully saturated rings. The van der Waals surface area contributed by atoms with Crippen LogP contribution in [0.2, 0.25) is 0 Å². The number of nitrogens with zero attached hydrogens (tertiary/aromatic N) is 3. The number of hydrogen-bond donors (Lipinski definition) is 1. The van der Waals surface area contributed by atoms with Gasteiger partial charge in [-0.3, -0.25) is 9.59 Å². The predicted octanol–water partition coefficient (Wildman–Crippen LogP) is 0.583. The molecule has 2 heterocycles. The van der Waals surface area contributed by atoms with Gasteiger partial charge in [-0.2, -0.15) is 5.10 Å². The zero-order chi connectivity index (χ0) is 13.1. The Hall–Kier alpha value is -2.11. The molecule has 0 spiro atoms. The minimum atomic E-state index is -0.607. The highest BCUT2D eigenvalue weighted by Crippen LogP contribution is 2.02. The molecule has 0 aliphatic carbocycles. The second-order valence-electron chi connectivity index (χ2n) is 4.15. The highest BCUT2D eigenvalue weighted by atomic mass is 16.2. The molecule has 1 amide bonds. The highest BCUT2D eigenvalue weighted by molar-refractivity contribution is 5.79. The van der Waals surface area contributed by atoms with Gasteiger partial charge in [0.2, 0.25) is 5.91 Å². The molecule has 6 nitrogen and oxygen atoms in total. The Balaban J connectivity index is 2.33. The van der Waals surface area contributed by atoms with Gasteiger partial charge in [-0.05, 0) is 25.5 Å². The summed E-state index contributed by atoms with van der Waals surface area (Å²) >= 11 is 0. The molecule has 6 heteroatoms. The number of carbonyl (C=O) groups is 1. The maximum Gasteiger partial charge on any atom is 0.291 e. The number of aromatic nitrogens is 3. The van der Waals surface area contributed by atoms with E-state index in [2.05, 4.69) is 10.4 Å². The summed E-state index contributed by atoms with van der Waals surface area (Å²) in [6, 6.07) is 2.87. The summed E-state index contributed by atoms with van der Waals surface area (Å²) in [5.41, 5.74) is 0.252. The van der Waals surface area contributed by atoms with Crippen LogP contribution in [0.4, 0.5) is 0 Å². The molecular formula is C12H16N4O2. The van der Waals surface area contributed by atoms with Crippen molar-refractivity contribution in [3.63, 3.8) is 0 Å². The molecule has 0 aromatic carbocycles. The molecule has 2 rings (SSSR count). The van der Waals surface area contributed by atoms with E-state index in [0.29, 0.717) is 12.1 Å². The van der Waals surface area contributed by atoms with Gasteiger partial charge in [-0.15, -0.1) is 0 Å². The van der Waals surface area contributed by atoms with Gasteiger partial charge in [-0.1, -0.05) is 6.92 Å². The van der Waals surface area contributed by atoms with Gasteiger partial charge < -0.3 is 9.72 Å². The third-order valence-electron chi connectivity index (χ3n) is 2.80. The molecule has 0 radical (unpaired) electrons. The number of rotatable bonds is 4. The minimum absolute atomic E-state index is 0.192. The lowest BCUT2D eigenvalue weighted by Crippen LogP contribution is -2.37. The minimum Gasteiger partial charge on any atom is -0.354 e. The average Bonchev–Trinajstić information content (AvgIpc) is 2.84. The average molecular weight is 248 g/mol. The lowest BCUT2D eigenvalue weighted by atomic mass is 10.3. The van der Waals surface area contributed by atoms with E-state index in [1.807, 2.05) is 6.92 Å². The van der Waals surface area contributed by atoms with Crippen molar-refractivity contribution >= 4 is 11.4 Å². The molecular weight excluding hydrogens is 232 g/mol. The van der Waals surface area contributed by atoms with E-state index in [4.69, 9.17) is 0 Å². The summed E-state index contributed by atoms with van der Waals surface area (Å²) in [7, 11) is 0. The molecule has 2 aromatic heterocycles. The Kier molecular flexibility index (Phi) is 3.45. The number of nitrogens with one attached hydrogen (secondary N) is 1. The van der Waals surface area contributed by atoms with Crippen LogP contribution in [0.1, 0.15) is 26.3 Å². The van der Waals surface area contributed by atoms with E-state index in [1.54, 1.807) is 29.7 Å². The van der Waals surface area contributed by atoms with Crippen LogP contribution in [-0.2, 0) is 4.79 Å². The van der Waals surface area contributed by atoms with Crippen molar-refractivity contribution in [2.75, 3.05) is 6.54 Å². The SMILES string of the molecule is CCCNC(=O)C(C)n1ncn2cccc2c1=O. The maximum absolute atomic E-state index is 12.1. The zero-order valence-electron chi connectivity index (χ0n) is 10.5. The first-order valence-corrected chi connectivity index (χ1v) is 5.97. The van der Waals surface area contributed by atoms with Crippen LogP contribution in [0, 0.1) is 0 Å². The summed E-state index contributed by atoms with van der Waals surface area (Å²) in [5.74, 6) is -0.192. The third kappa shape index (κ3) is 2.13. The van der Waals surface area contributed by atoms with Crippen molar-refractivity contribution < 1.29 is 4.79 Å². The van der Waals surface area contributed by atoms with Gasteiger partial charge in [-0.25, -0.2) is 4.68 Å². The number of fused-ring (bicyclic) bond motifs is 1. The fourth-order valence-corrected chi connectivity index (χ4v) is 1.74. The number of hydrogen-bond acceptors (Lipinski definition) is 3. The second kappa shape index (κ2) is 5.03. The van der Waals surface area contributed by atoms with Crippen LogP contribution in [0.15, 0.2) is 29.5 Å². The molecule has 0 bridgehead atoms. The first kappa shape index (κ1) is 12.3. The Morgan fingerprint density at radius 2 is 2.33 bits per heavy atom. The van der Waals surface area contributed by atoms with Crippen molar-refractivity contribution in [2.24, 2.45) is 0 Å². The zero-order valence-corrected chi connectivity index (χ0v) is 10.5. The van der Waals surface area contributed by atoms with Crippen LogP contribution in [0.5, 0.6) is 0 Å². The Bertz CT molecular complexity index is 614. The van der Waals surface area contributed by atoms with Crippen LogP contribution >= 0.6 is 0 Å². The number of carbonyl (C=O) groups excluding carboxylic acids is 1. The topological polar surface area (TPSA) is 68.4 Å². The summed E-state index contributed by atoms with van der Waals surface area (Å²) in [6.45, 7) is 4.24. The van der Waals surface area contributed by atoms with Crippen LogP contribution in [0.25, 0.3) is 5.52 Å². The Morgan fingerprint density at radius 1 is 1.56 bits per heavy atom. The van der Waals surface area contributed by atoms with Crippen molar-refractivity contribution in [3.8, 4) is 0 Å². The summed E-state index contributed by atoms with van der Waals surface area (Å²) < 4.78 is 2.84. The first-order valence-electron chi connectivity index (χ1n) is 5.97. The van der Waals surface area contributed by atoms with Gasteiger partial charge in [0.25, 0.3) is 5.56 Å². The van der Waals surface area contributed by atoms with Crippen molar-refractivity contribution in [1.29, 1.82) is 0 Å². The lowest BCUT2D eigenvalue weighted by Gasteiger charge is -2.13. The van der Waals surface area contributed by atoms with Crippen LogP contribution < -0.4 is 10.9 Å². The molecule has 0 aliphatic heterocycles. The van der Waals surface area contributed by atoms with Crippen molar-refractivity contribution in [2.45, 2.75) is 26.3 Å². The molecule has 96 valence electrons. The van der Waals surface area contributed by atoms with Gasteiger partial charge >= 0.3 is 0 Å². The molecule has 1 unspecified atom stereocenters. The summed E-state index contributed by atoms with van der Waals surface area (Å²) in [4.78, 5) is 23.9. The van der Waals surface area contributed by atoms with Crippen molar-refractivity contribution in [3.05, 3.63) is 35.0 Å². The summed E-state index contributed by atoms with van der Waals surface area (Å²) in [6.07, 6.45) is 4.13. The van der Waals surface area contributed by atoms with Crippen LogP contribution in [-0.4, -0.2) is 26.6 Å². The van der Waals surface area contributed by atoms with E-state index < -0.39 is 6.04 Å². The van der Waals surface area contributed by atoms with Gasteiger partial charge in [0.15, 0.2) is 0 Å². The molecule has 1 N–H and O–H groups in total. The van der Waals surface area contributed by atoms with E-state index in [-0.39, 0.29) is 11.5 Å². The summed E-state index contributed by atoms with van der Waals surface area (Å²) in [5, 5.41) is 6.77. The van der Waals surface area contributed by atoms with Gasteiger partial charge in [0, 0.05) is 12.7 Å². The fourth-order valence-electron chi connectivity index (χ4n) is 1.74. The molecule has 2 aromatic rings. The van der Waals surface area contributed by atoms with Crippen molar-refractivity contribution in [1.82, 2.24) is 19.5 Å². The Labute approximate surface area is 104 Å². The lowest BCUT2D eigenvalue weighted by molar-refractivity contribution is -0.124. The second-order valence-corrected chi connectivity index (χ2v) is 4.15. The van der Waals surface area contributed by atoms with E-state index in [9.17, 15) is 9.59 Å². The number of amides is 1. The fraction of sp³-hybridized carbons (Fsp3) is 0.417. The third-order valence-corrected chi connectivity index (χ3v) is 2.80. The maximum atomic E-state index is 12.1. The normalized spacial score (nSPS) is 12.6. The standard InChI is InChI=1S/C12H16N4O2/c1-3-6-13-11(17)9(2)16-12(18)10-5-4-7-15(10)8-14-16/h4-5,7-9H,3,6H2,1-2H3,(H,13,17). The first-order chi connectivity index (χ1) is 8.65. The van der Waals surface area contributed by atoms with Crippen LogP contribution in [0.3, 0.4) is 0 Å². The van der Waals surface area contributed by atoms with E-state index in [0.717, 1.165) is 6.42 Å². The monoisotopic (exact) mass is 248 g/mol. The smallest absolute Gasteiger partial charge is 0.291 e. The van der Waals surface area contributed by atoms with E-state index >= 15 is 0 Å². The Morgan fingerprint density at radius 3 is 3.06 bits per heavy atom. The van der Waals surface area contributed by atoms with Gasteiger partial charge in [0.1, 0.15) is 17.9 Å². The quantitative estimate of drug-likeness (QED) is 0.860. The predicted molar refractivity (Wildman–Crippen MR) is 67.5 cm³/mol. The molecule has 0 saturated carbocycles. The van der Waals surface area contributed by atoms with Gasteiger partial charge in [0.05, 0.1) is 0 Å². The highest BCUT2D eigenvalue weighted by Gasteiger charge is 2.17. The molecule has 0 aliphatic rings. The molecule has 18 heavy (non-hydrogen) atoms. The van der Waals surface area contributed by atoms with E-state index in [1.165, 1.54) is 11.0 Å². The molecule has 1 atom stereocenters.